The fourth-order valence-corrected chi connectivity index (χ4v) is 3.38. The summed E-state index contributed by atoms with van der Waals surface area (Å²) in [5, 5.41) is 0. The summed E-state index contributed by atoms with van der Waals surface area (Å²) in [6.45, 7) is 5.75. The van der Waals surface area contributed by atoms with Crippen molar-refractivity contribution in [3.8, 4) is 5.75 Å². The van der Waals surface area contributed by atoms with Crippen LogP contribution >= 0.6 is 0 Å². The Balaban J connectivity index is 1.66. The van der Waals surface area contributed by atoms with E-state index in [1.165, 1.54) is 16.7 Å². The van der Waals surface area contributed by atoms with Gasteiger partial charge in [0.15, 0.2) is 0 Å². The Morgan fingerprint density at radius 2 is 1.95 bits per heavy atom. The number of fused-ring (bicyclic) bond motifs is 1. The molecule has 2 aromatic carbocycles. The van der Waals surface area contributed by atoms with Gasteiger partial charge < -0.3 is 9.64 Å². The molecule has 0 amide bonds. The second-order valence-corrected chi connectivity index (χ2v) is 6.25. The molecule has 1 aliphatic rings. The molecule has 0 radical (unpaired) electrons. The molecule has 0 aromatic heterocycles. The standard InChI is InChI=1S/C20H25NO/c1-16-15-21(12-10-17-6-4-3-5-7-17)13-11-18-8-9-19(22-2)14-20(16)18/h3-9,14,16H,10-13,15H2,1-2H3. The minimum Gasteiger partial charge on any atom is -0.497 e. The molecule has 22 heavy (non-hydrogen) atoms. The first-order valence-corrected chi connectivity index (χ1v) is 8.19. The molecule has 0 saturated carbocycles. The van der Waals surface area contributed by atoms with Crippen LogP contribution in [-0.4, -0.2) is 31.6 Å². The summed E-state index contributed by atoms with van der Waals surface area (Å²) >= 11 is 0. The van der Waals surface area contributed by atoms with E-state index >= 15 is 0 Å². The quantitative estimate of drug-likeness (QED) is 0.848. The van der Waals surface area contributed by atoms with E-state index in [2.05, 4.69) is 60.4 Å². The molecule has 3 rings (SSSR count). The first kappa shape index (κ1) is 15.1. The maximum absolute atomic E-state index is 5.39. The molecule has 1 heterocycles. The Morgan fingerprint density at radius 3 is 2.73 bits per heavy atom. The van der Waals surface area contributed by atoms with Crippen LogP contribution in [-0.2, 0) is 12.8 Å². The van der Waals surface area contributed by atoms with Crippen molar-refractivity contribution in [3.05, 3.63) is 65.2 Å². The predicted molar refractivity (Wildman–Crippen MR) is 91.7 cm³/mol. The molecular weight excluding hydrogens is 270 g/mol. The van der Waals surface area contributed by atoms with Gasteiger partial charge in [0, 0.05) is 19.6 Å². The molecule has 0 fully saturated rings. The summed E-state index contributed by atoms with van der Waals surface area (Å²) in [5.74, 6) is 1.53. The Kier molecular flexibility index (Phi) is 4.79. The third-order valence-electron chi connectivity index (χ3n) is 4.67. The summed E-state index contributed by atoms with van der Waals surface area (Å²) in [6, 6.07) is 17.3. The summed E-state index contributed by atoms with van der Waals surface area (Å²) in [7, 11) is 1.75. The molecular formula is C20H25NO. The highest BCUT2D eigenvalue weighted by molar-refractivity contribution is 5.38. The molecule has 0 aliphatic carbocycles. The molecule has 2 nitrogen and oxygen atoms in total. The Morgan fingerprint density at radius 1 is 1.14 bits per heavy atom. The summed E-state index contributed by atoms with van der Waals surface area (Å²) < 4.78 is 5.39. The zero-order valence-electron chi connectivity index (χ0n) is 13.6. The lowest BCUT2D eigenvalue weighted by molar-refractivity contribution is 0.275. The Labute approximate surface area is 133 Å². The fraction of sp³-hybridized carbons (Fsp3) is 0.400. The number of nitrogens with zero attached hydrogens (tertiary/aromatic N) is 1. The zero-order chi connectivity index (χ0) is 15.4. The van der Waals surface area contributed by atoms with Gasteiger partial charge in [-0.05, 0) is 47.6 Å². The van der Waals surface area contributed by atoms with Gasteiger partial charge in [0.05, 0.1) is 7.11 Å². The second-order valence-electron chi connectivity index (χ2n) is 6.25. The SMILES string of the molecule is COc1ccc2c(c1)C(C)CN(CCc1ccccc1)CC2. The summed E-state index contributed by atoms with van der Waals surface area (Å²) in [4.78, 5) is 2.60. The van der Waals surface area contributed by atoms with E-state index in [1.807, 2.05) is 0 Å². The van der Waals surface area contributed by atoms with E-state index in [4.69, 9.17) is 4.74 Å². The minimum absolute atomic E-state index is 0.559. The molecule has 1 aliphatic heterocycles. The van der Waals surface area contributed by atoms with Crippen LogP contribution in [0.2, 0.25) is 0 Å². The van der Waals surface area contributed by atoms with Gasteiger partial charge in [0.25, 0.3) is 0 Å². The average molecular weight is 295 g/mol. The topological polar surface area (TPSA) is 12.5 Å². The van der Waals surface area contributed by atoms with Crippen LogP contribution in [0.5, 0.6) is 5.75 Å². The maximum Gasteiger partial charge on any atom is 0.119 e. The van der Waals surface area contributed by atoms with Gasteiger partial charge >= 0.3 is 0 Å². The molecule has 2 aromatic rings. The van der Waals surface area contributed by atoms with Crippen molar-refractivity contribution in [2.24, 2.45) is 0 Å². The monoisotopic (exact) mass is 295 g/mol. The third-order valence-corrected chi connectivity index (χ3v) is 4.67. The number of rotatable bonds is 4. The first-order chi connectivity index (χ1) is 10.8. The van der Waals surface area contributed by atoms with Crippen molar-refractivity contribution in [2.45, 2.75) is 25.7 Å². The van der Waals surface area contributed by atoms with Gasteiger partial charge in [-0.1, -0.05) is 43.3 Å². The first-order valence-electron chi connectivity index (χ1n) is 8.19. The molecule has 0 N–H and O–H groups in total. The summed E-state index contributed by atoms with van der Waals surface area (Å²) in [5.41, 5.74) is 4.37. The Bertz CT molecular complexity index is 608. The molecule has 116 valence electrons. The second kappa shape index (κ2) is 6.97. The van der Waals surface area contributed by atoms with Gasteiger partial charge in [0.1, 0.15) is 5.75 Å². The van der Waals surface area contributed by atoms with E-state index in [-0.39, 0.29) is 0 Å². The van der Waals surface area contributed by atoms with E-state index in [9.17, 15) is 0 Å². The van der Waals surface area contributed by atoms with Crippen LogP contribution in [0.15, 0.2) is 48.5 Å². The highest BCUT2D eigenvalue weighted by atomic mass is 16.5. The molecule has 2 heteroatoms. The normalized spacial score (nSPS) is 18.5. The van der Waals surface area contributed by atoms with Crippen molar-refractivity contribution in [2.75, 3.05) is 26.7 Å². The van der Waals surface area contributed by atoms with Gasteiger partial charge in [-0.25, -0.2) is 0 Å². The molecule has 1 atom stereocenters. The van der Waals surface area contributed by atoms with Crippen LogP contribution in [0.4, 0.5) is 0 Å². The van der Waals surface area contributed by atoms with Crippen LogP contribution in [0.25, 0.3) is 0 Å². The van der Waals surface area contributed by atoms with Gasteiger partial charge in [-0.3, -0.25) is 0 Å². The molecule has 0 saturated heterocycles. The van der Waals surface area contributed by atoms with Crippen molar-refractivity contribution >= 4 is 0 Å². The largest absolute Gasteiger partial charge is 0.497 e. The van der Waals surface area contributed by atoms with Crippen molar-refractivity contribution in [1.82, 2.24) is 4.90 Å². The number of methoxy groups -OCH3 is 1. The van der Waals surface area contributed by atoms with Crippen LogP contribution < -0.4 is 4.74 Å². The lowest BCUT2D eigenvalue weighted by Crippen LogP contribution is -2.29. The average Bonchev–Trinajstić information content (AvgIpc) is 2.73. The van der Waals surface area contributed by atoms with Crippen LogP contribution in [0.3, 0.4) is 0 Å². The fourth-order valence-electron chi connectivity index (χ4n) is 3.38. The van der Waals surface area contributed by atoms with Gasteiger partial charge in [-0.2, -0.15) is 0 Å². The van der Waals surface area contributed by atoms with Crippen LogP contribution in [0, 0.1) is 0 Å². The van der Waals surface area contributed by atoms with Gasteiger partial charge in [0.2, 0.25) is 0 Å². The van der Waals surface area contributed by atoms with E-state index in [0.29, 0.717) is 5.92 Å². The lowest BCUT2D eigenvalue weighted by Gasteiger charge is -2.22. The van der Waals surface area contributed by atoms with Crippen molar-refractivity contribution in [1.29, 1.82) is 0 Å². The molecule has 1 unspecified atom stereocenters. The van der Waals surface area contributed by atoms with Gasteiger partial charge in [-0.15, -0.1) is 0 Å². The van der Waals surface area contributed by atoms with Crippen molar-refractivity contribution < 1.29 is 4.74 Å². The van der Waals surface area contributed by atoms with E-state index in [1.54, 1.807) is 7.11 Å². The number of ether oxygens (including phenoxy) is 1. The maximum atomic E-state index is 5.39. The smallest absolute Gasteiger partial charge is 0.119 e. The lowest BCUT2D eigenvalue weighted by atomic mass is 9.95. The zero-order valence-corrected chi connectivity index (χ0v) is 13.6. The Hall–Kier alpha value is -1.80. The third kappa shape index (κ3) is 3.50. The summed E-state index contributed by atoms with van der Waals surface area (Å²) in [6.07, 6.45) is 2.27. The highest BCUT2D eigenvalue weighted by Gasteiger charge is 2.20. The number of hydrogen-bond donors (Lipinski definition) is 0. The van der Waals surface area contributed by atoms with E-state index < -0.39 is 0 Å². The number of hydrogen-bond acceptors (Lipinski definition) is 2. The minimum atomic E-state index is 0.559. The van der Waals surface area contributed by atoms with E-state index in [0.717, 1.165) is 38.2 Å². The van der Waals surface area contributed by atoms with Crippen LogP contribution in [0.1, 0.15) is 29.5 Å². The molecule has 0 bridgehead atoms. The molecule has 0 spiro atoms. The highest BCUT2D eigenvalue weighted by Crippen LogP contribution is 2.28. The number of benzene rings is 2. The predicted octanol–water partition coefficient (Wildman–Crippen LogP) is 3.90. The van der Waals surface area contributed by atoms with Crippen molar-refractivity contribution in [3.63, 3.8) is 0 Å².